The fourth-order valence-electron chi connectivity index (χ4n) is 1.80. The summed E-state index contributed by atoms with van der Waals surface area (Å²) >= 11 is 0. The summed E-state index contributed by atoms with van der Waals surface area (Å²) in [6.07, 6.45) is 0.0984. The Kier molecular flexibility index (Phi) is 4.43. The third kappa shape index (κ3) is 3.52. The minimum Gasteiger partial charge on any atom is -0.491 e. The average Bonchev–Trinajstić information content (AvgIpc) is 2.49. The van der Waals surface area contributed by atoms with Crippen molar-refractivity contribution in [2.24, 2.45) is 0 Å². The van der Waals surface area contributed by atoms with E-state index >= 15 is 0 Å². The molecule has 2 aromatic carbocycles. The van der Waals surface area contributed by atoms with Crippen molar-refractivity contribution in [1.29, 1.82) is 10.5 Å². The molecule has 0 fully saturated rings. The molecule has 0 aliphatic carbocycles. The van der Waals surface area contributed by atoms with Crippen molar-refractivity contribution in [2.45, 2.75) is 20.0 Å². The van der Waals surface area contributed by atoms with E-state index in [1.165, 1.54) is 0 Å². The summed E-state index contributed by atoms with van der Waals surface area (Å²) < 4.78 is 11.2. The van der Waals surface area contributed by atoms with E-state index < -0.39 is 0 Å². The van der Waals surface area contributed by atoms with Crippen LogP contribution in [0.15, 0.2) is 42.5 Å². The van der Waals surface area contributed by atoms with Crippen LogP contribution < -0.4 is 9.47 Å². The summed E-state index contributed by atoms with van der Waals surface area (Å²) in [5.74, 6) is 1.57. The lowest BCUT2D eigenvalue weighted by atomic mass is 10.1. The van der Waals surface area contributed by atoms with Gasteiger partial charge in [-0.15, -0.1) is 0 Å². The van der Waals surface area contributed by atoms with E-state index in [-0.39, 0.29) is 11.9 Å². The van der Waals surface area contributed by atoms with Gasteiger partial charge < -0.3 is 9.47 Å². The number of para-hydroxylation sites is 1. The fourth-order valence-corrected chi connectivity index (χ4v) is 1.80. The molecule has 0 saturated heterocycles. The van der Waals surface area contributed by atoms with E-state index in [2.05, 4.69) is 0 Å². The summed E-state index contributed by atoms with van der Waals surface area (Å²) in [5.41, 5.74) is 0.660. The van der Waals surface area contributed by atoms with Crippen LogP contribution in [0.2, 0.25) is 0 Å². The van der Waals surface area contributed by atoms with Gasteiger partial charge in [0.15, 0.2) is 5.75 Å². The van der Waals surface area contributed by atoms with E-state index in [1.54, 1.807) is 42.5 Å². The Labute approximate surface area is 123 Å². The van der Waals surface area contributed by atoms with Crippen molar-refractivity contribution >= 4 is 0 Å². The summed E-state index contributed by atoms with van der Waals surface area (Å²) in [5, 5.41) is 18.2. The van der Waals surface area contributed by atoms with E-state index in [0.717, 1.165) is 5.75 Å². The Morgan fingerprint density at radius 2 is 1.38 bits per heavy atom. The molecule has 0 radical (unpaired) electrons. The molecule has 0 unspecified atom stereocenters. The lowest BCUT2D eigenvalue weighted by Gasteiger charge is -2.11. The quantitative estimate of drug-likeness (QED) is 0.847. The zero-order valence-corrected chi connectivity index (χ0v) is 11.8. The van der Waals surface area contributed by atoms with Gasteiger partial charge in [-0.25, -0.2) is 0 Å². The summed E-state index contributed by atoms with van der Waals surface area (Å²) in [4.78, 5) is 0. The number of hydrogen-bond acceptors (Lipinski definition) is 4. The third-order valence-corrected chi connectivity index (χ3v) is 2.67. The second-order valence-electron chi connectivity index (χ2n) is 4.65. The molecule has 0 bridgehead atoms. The van der Waals surface area contributed by atoms with Crippen molar-refractivity contribution in [3.8, 4) is 29.4 Å². The minimum atomic E-state index is 0.0984. The van der Waals surface area contributed by atoms with Crippen molar-refractivity contribution in [3.63, 3.8) is 0 Å². The predicted octanol–water partition coefficient (Wildman–Crippen LogP) is 4.01. The summed E-state index contributed by atoms with van der Waals surface area (Å²) in [7, 11) is 0. The SMILES string of the molecule is CC(C)Oc1ccc(Oc2c(C#N)cccc2C#N)cc1. The standard InChI is InChI=1S/C17H14N2O2/c1-12(2)20-15-6-8-16(9-7-15)21-17-13(10-18)4-3-5-14(17)11-19/h3-9,12H,1-2H3. The van der Waals surface area contributed by atoms with Gasteiger partial charge in [0, 0.05) is 0 Å². The van der Waals surface area contributed by atoms with Gasteiger partial charge in [-0.1, -0.05) is 6.07 Å². The molecule has 2 aromatic rings. The van der Waals surface area contributed by atoms with Crippen LogP contribution in [0, 0.1) is 22.7 Å². The highest BCUT2D eigenvalue weighted by atomic mass is 16.5. The molecule has 0 spiro atoms. The maximum absolute atomic E-state index is 9.10. The number of rotatable bonds is 4. The molecule has 4 nitrogen and oxygen atoms in total. The maximum atomic E-state index is 9.10. The molecule has 21 heavy (non-hydrogen) atoms. The lowest BCUT2D eigenvalue weighted by molar-refractivity contribution is 0.242. The van der Waals surface area contributed by atoms with Gasteiger partial charge >= 0.3 is 0 Å². The molecule has 4 heteroatoms. The van der Waals surface area contributed by atoms with Gasteiger partial charge in [-0.2, -0.15) is 10.5 Å². The smallest absolute Gasteiger partial charge is 0.162 e. The molecule has 0 heterocycles. The molecule has 0 aliphatic rings. The Hall–Kier alpha value is -2.98. The molecule has 0 aliphatic heterocycles. The van der Waals surface area contributed by atoms with E-state index in [4.69, 9.17) is 20.0 Å². The predicted molar refractivity (Wildman–Crippen MR) is 78.2 cm³/mol. The summed E-state index contributed by atoms with van der Waals surface area (Å²) in [6.45, 7) is 3.90. The number of nitrogens with zero attached hydrogens (tertiary/aromatic N) is 2. The second kappa shape index (κ2) is 6.45. The molecular weight excluding hydrogens is 264 g/mol. The highest BCUT2D eigenvalue weighted by Crippen LogP contribution is 2.29. The molecule has 2 rings (SSSR count). The van der Waals surface area contributed by atoms with Crippen LogP contribution in [-0.2, 0) is 0 Å². The molecule has 0 N–H and O–H groups in total. The first-order valence-corrected chi connectivity index (χ1v) is 6.52. The fraction of sp³-hybridized carbons (Fsp3) is 0.176. The van der Waals surface area contributed by atoms with Crippen molar-refractivity contribution in [2.75, 3.05) is 0 Å². The number of ether oxygens (including phenoxy) is 2. The van der Waals surface area contributed by atoms with Crippen LogP contribution in [0.1, 0.15) is 25.0 Å². The molecular formula is C17H14N2O2. The van der Waals surface area contributed by atoms with Gasteiger partial charge in [-0.3, -0.25) is 0 Å². The number of nitriles is 2. The molecule has 0 amide bonds. The van der Waals surface area contributed by atoms with Gasteiger partial charge in [-0.05, 0) is 50.2 Å². The second-order valence-corrected chi connectivity index (χ2v) is 4.65. The maximum Gasteiger partial charge on any atom is 0.162 e. The summed E-state index contributed by atoms with van der Waals surface area (Å²) in [6, 6.07) is 16.0. The van der Waals surface area contributed by atoms with Gasteiger partial charge in [0.1, 0.15) is 23.6 Å². The largest absolute Gasteiger partial charge is 0.491 e. The zero-order valence-electron chi connectivity index (χ0n) is 11.8. The Balaban J connectivity index is 2.27. The lowest BCUT2D eigenvalue weighted by Crippen LogP contribution is -2.05. The van der Waals surface area contributed by atoms with Gasteiger partial charge in [0.2, 0.25) is 0 Å². The minimum absolute atomic E-state index is 0.0984. The van der Waals surface area contributed by atoms with Crippen molar-refractivity contribution < 1.29 is 9.47 Å². The van der Waals surface area contributed by atoms with Crippen LogP contribution in [-0.4, -0.2) is 6.10 Å². The first-order valence-electron chi connectivity index (χ1n) is 6.52. The van der Waals surface area contributed by atoms with Crippen LogP contribution in [0.25, 0.3) is 0 Å². The Bertz CT molecular complexity index is 675. The average molecular weight is 278 g/mol. The topological polar surface area (TPSA) is 66.0 Å². The normalized spacial score (nSPS) is 9.76. The van der Waals surface area contributed by atoms with E-state index in [0.29, 0.717) is 16.9 Å². The monoisotopic (exact) mass is 278 g/mol. The van der Waals surface area contributed by atoms with Gasteiger partial charge in [0.25, 0.3) is 0 Å². The van der Waals surface area contributed by atoms with Crippen LogP contribution >= 0.6 is 0 Å². The Morgan fingerprint density at radius 1 is 0.857 bits per heavy atom. The highest BCUT2D eigenvalue weighted by Gasteiger charge is 2.10. The zero-order chi connectivity index (χ0) is 15.2. The van der Waals surface area contributed by atoms with Crippen molar-refractivity contribution in [1.82, 2.24) is 0 Å². The van der Waals surface area contributed by atoms with Crippen LogP contribution in [0.5, 0.6) is 17.2 Å². The highest BCUT2D eigenvalue weighted by molar-refractivity contribution is 5.55. The molecule has 0 atom stereocenters. The first-order chi connectivity index (χ1) is 10.1. The first kappa shape index (κ1) is 14.4. The number of benzene rings is 2. The molecule has 0 aromatic heterocycles. The number of hydrogen-bond donors (Lipinski definition) is 0. The molecule has 104 valence electrons. The van der Waals surface area contributed by atoms with Gasteiger partial charge in [0.05, 0.1) is 17.2 Å². The third-order valence-electron chi connectivity index (χ3n) is 2.67. The van der Waals surface area contributed by atoms with Crippen LogP contribution in [0.4, 0.5) is 0 Å². The van der Waals surface area contributed by atoms with E-state index in [1.807, 2.05) is 26.0 Å². The molecule has 0 saturated carbocycles. The van der Waals surface area contributed by atoms with E-state index in [9.17, 15) is 0 Å². The van der Waals surface area contributed by atoms with Crippen molar-refractivity contribution in [3.05, 3.63) is 53.6 Å². The Morgan fingerprint density at radius 3 is 1.86 bits per heavy atom. The van der Waals surface area contributed by atoms with Crippen LogP contribution in [0.3, 0.4) is 0 Å².